The van der Waals surface area contributed by atoms with E-state index in [9.17, 15) is 4.79 Å². The second-order valence-electron chi connectivity index (χ2n) is 7.18. The molecule has 0 saturated heterocycles. The van der Waals surface area contributed by atoms with E-state index in [4.69, 9.17) is 8.83 Å². The van der Waals surface area contributed by atoms with E-state index in [1.54, 1.807) is 12.3 Å². The molecule has 4 aromatic rings. The Bertz CT molecular complexity index is 1130. The lowest BCUT2D eigenvalue weighted by Crippen LogP contribution is -2.23. The van der Waals surface area contributed by atoms with Crippen molar-refractivity contribution in [1.29, 1.82) is 0 Å². The molecule has 0 unspecified atom stereocenters. The molecule has 2 heterocycles. The van der Waals surface area contributed by atoms with E-state index >= 15 is 0 Å². The highest BCUT2D eigenvalue weighted by Gasteiger charge is 2.15. The van der Waals surface area contributed by atoms with Crippen molar-refractivity contribution in [2.75, 3.05) is 0 Å². The third-order valence-electron chi connectivity index (χ3n) is 5.12. The fourth-order valence-corrected chi connectivity index (χ4v) is 3.53. The molecular weight excluding hydrogens is 350 g/mol. The first kappa shape index (κ1) is 18.3. The molecule has 0 fully saturated rings. The third-order valence-corrected chi connectivity index (χ3v) is 5.12. The Morgan fingerprint density at radius 2 is 1.71 bits per heavy atom. The predicted octanol–water partition coefficient (Wildman–Crippen LogP) is 5.21. The van der Waals surface area contributed by atoms with Crippen LogP contribution < -0.4 is 5.63 Å². The lowest BCUT2D eigenvalue weighted by atomic mass is 10.0. The Kier molecular flexibility index (Phi) is 5.13. The Labute approximate surface area is 164 Å². The van der Waals surface area contributed by atoms with Crippen LogP contribution in [-0.4, -0.2) is 4.90 Å². The first-order chi connectivity index (χ1) is 13.6. The topological polar surface area (TPSA) is 46.6 Å². The first-order valence-electron chi connectivity index (χ1n) is 9.42. The van der Waals surface area contributed by atoms with Gasteiger partial charge in [-0.3, -0.25) is 4.90 Å². The van der Waals surface area contributed by atoms with E-state index < -0.39 is 0 Å². The van der Waals surface area contributed by atoms with Crippen molar-refractivity contribution in [2.24, 2.45) is 0 Å². The van der Waals surface area contributed by atoms with E-state index in [1.807, 2.05) is 50.2 Å². The smallest absolute Gasteiger partial charge is 0.336 e. The first-order valence-corrected chi connectivity index (χ1v) is 9.42. The highest BCUT2D eigenvalue weighted by molar-refractivity contribution is 5.83. The third kappa shape index (κ3) is 3.92. The van der Waals surface area contributed by atoms with Crippen LogP contribution in [0.15, 0.2) is 80.6 Å². The van der Waals surface area contributed by atoms with Crippen LogP contribution in [0.3, 0.4) is 0 Å². The maximum absolute atomic E-state index is 12.2. The molecule has 0 N–H and O–H groups in total. The molecule has 2 aromatic carbocycles. The van der Waals surface area contributed by atoms with Gasteiger partial charge in [-0.2, -0.15) is 0 Å². The van der Waals surface area contributed by atoms with Crippen LogP contribution in [0.5, 0.6) is 0 Å². The Morgan fingerprint density at radius 1 is 0.893 bits per heavy atom. The predicted molar refractivity (Wildman–Crippen MR) is 110 cm³/mol. The van der Waals surface area contributed by atoms with E-state index in [1.165, 1.54) is 5.56 Å². The normalized spacial score (nSPS) is 11.4. The fraction of sp³-hybridized carbons (Fsp3) is 0.208. The number of hydrogen-bond donors (Lipinski definition) is 0. The molecule has 2 aromatic heterocycles. The monoisotopic (exact) mass is 373 g/mol. The number of furan rings is 1. The van der Waals surface area contributed by atoms with Gasteiger partial charge < -0.3 is 8.83 Å². The summed E-state index contributed by atoms with van der Waals surface area (Å²) in [6.07, 6.45) is 1.69. The highest BCUT2D eigenvalue weighted by Crippen LogP contribution is 2.25. The molecule has 28 heavy (non-hydrogen) atoms. The molecule has 0 aliphatic heterocycles. The van der Waals surface area contributed by atoms with Gasteiger partial charge in [-0.05, 0) is 48.2 Å². The summed E-state index contributed by atoms with van der Waals surface area (Å²) in [6.45, 7) is 6.07. The molecular formula is C24H23NO3. The molecule has 4 heteroatoms. The van der Waals surface area contributed by atoms with Crippen molar-refractivity contribution >= 4 is 11.0 Å². The van der Waals surface area contributed by atoms with Crippen molar-refractivity contribution < 1.29 is 8.83 Å². The van der Waals surface area contributed by atoms with Crippen molar-refractivity contribution in [3.63, 3.8) is 0 Å². The summed E-state index contributed by atoms with van der Waals surface area (Å²) in [5, 5.41) is 0.986. The SMILES string of the molecule is Cc1ccc2c(CN(Cc3ccccc3)Cc3ccco3)cc(=O)oc2c1C. The van der Waals surface area contributed by atoms with Crippen LogP contribution in [0.2, 0.25) is 0 Å². The molecule has 0 radical (unpaired) electrons. The van der Waals surface area contributed by atoms with Gasteiger partial charge in [0.2, 0.25) is 0 Å². The minimum Gasteiger partial charge on any atom is -0.468 e. The molecule has 0 bridgehead atoms. The Morgan fingerprint density at radius 3 is 2.46 bits per heavy atom. The molecule has 4 rings (SSSR count). The van der Waals surface area contributed by atoms with E-state index in [0.29, 0.717) is 18.7 Å². The van der Waals surface area contributed by atoms with Crippen LogP contribution in [0.1, 0.15) is 28.0 Å². The maximum atomic E-state index is 12.2. The lowest BCUT2D eigenvalue weighted by molar-refractivity contribution is 0.227. The van der Waals surface area contributed by atoms with Crippen molar-refractivity contribution in [1.82, 2.24) is 4.90 Å². The zero-order valence-electron chi connectivity index (χ0n) is 16.1. The largest absolute Gasteiger partial charge is 0.468 e. The van der Waals surface area contributed by atoms with Gasteiger partial charge >= 0.3 is 5.63 Å². The maximum Gasteiger partial charge on any atom is 0.336 e. The van der Waals surface area contributed by atoms with Crippen LogP contribution in [0.4, 0.5) is 0 Å². The van der Waals surface area contributed by atoms with Gasteiger partial charge in [0.25, 0.3) is 0 Å². The summed E-state index contributed by atoms with van der Waals surface area (Å²) < 4.78 is 11.1. The second-order valence-corrected chi connectivity index (χ2v) is 7.18. The number of aryl methyl sites for hydroxylation is 2. The van der Waals surface area contributed by atoms with E-state index in [0.717, 1.165) is 34.4 Å². The van der Waals surface area contributed by atoms with Gasteiger partial charge in [0.1, 0.15) is 11.3 Å². The molecule has 0 aliphatic carbocycles. The lowest BCUT2D eigenvalue weighted by Gasteiger charge is -2.22. The molecule has 142 valence electrons. The molecule has 0 spiro atoms. The highest BCUT2D eigenvalue weighted by atomic mass is 16.4. The number of benzene rings is 2. The number of fused-ring (bicyclic) bond motifs is 1. The van der Waals surface area contributed by atoms with Crippen molar-refractivity contribution in [3.05, 3.63) is 105 Å². The second kappa shape index (κ2) is 7.87. The molecule has 0 amide bonds. The minimum atomic E-state index is -0.311. The van der Waals surface area contributed by atoms with Gasteiger partial charge in [-0.1, -0.05) is 42.5 Å². The zero-order valence-corrected chi connectivity index (χ0v) is 16.1. The quantitative estimate of drug-likeness (QED) is 0.436. The fourth-order valence-electron chi connectivity index (χ4n) is 3.53. The number of nitrogens with zero attached hydrogens (tertiary/aromatic N) is 1. The van der Waals surface area contributed by atoms with Crippen LogP contribution in [0, 0.1) is 13.8 Å². The summed E-state index contributed by atoms with van der Waals surface area (Å²) in [6, 6.07) is 19.9. The van der Waals surface area contributed by atoms with Crippen LogP contribution >= 0.6 is 0 Å². The summed E-state index contributed by atoms with van der Waals surface area (Å²) in [5.41, 5.74) is 4.68. The Balaban J connectivity index is 1.71. The van der Waals surface area contributed by atoms with Crippen molar-refractivity contribution in [3.8, 4) is 0 Å². The van der Waals surface area contributed by atoms with Crippen molar-refractivity contribution in [2.45, 2.75) is 33.5 Å². The number of rotatable bonds is 6. The summed E-state index contributed by atoms with van der Waals surface area (Å²) in [5.74, 6) is 0.898. The average Bonchev–Trinajstić information content (AvgIpc) is 3.19. The molecule has 4 nitrogen and oxygen atoms in total. The Hall–Kier alpha value is -3.11. The number of hydrogen-bond acceptors (Lipinski definition) is 4. The standard InChI is InChI=1S/C24H23NO3/c1-17-10-11-22-20(13-23(26)28-24(22)18(17)2)15-25(16-21-9-6-12-27-21)14-19-7-4-3-5-8-19/h3-13H,14-16H2,1-2H3. The summed E-state index contributed by atoms with van der Waals surface area (Å²) in [7, 11) is 0. The summed E-state index contributed by atoms with van der Waals surface area (Å²) >= 11 is 0. The van der Waals surface area contributed by atoms with Gasteiger partial charge in [0, 0.05) is 24.5 Å². The minimum absolute atomic E-state index is 0.311. The van der Waals surface area contributed by atoms with Gasteiger partial charge in [0.15, 0.2) is 0 Å². The average molecular weight is 373 g/mol. The molecule has 0 saturated carbocycles. The molecule has 0 atom stereocenters. The van der Waals surface area contributed by atoms with Gasteiger partial charge in [0.05, 0.1) is 12.8 Å². The summed E-state index contributed by atoms with van der Waals surface area (Å²) in [4.78, 5) is 14.5. The van der Waals surface area contributed by atoms with E-state index in [2.05, 4.69) is 23.1 Å². The van der Waals surface area contributed by atoms with E-state index in [-0.39, 0.29) is 5.63 Å². The van der Waals surface area contributed by atoms with Crippen LogP contribution in [0.25, 0.3) is 11.0 Å². The zero-order chi connectivity index (χ0) is 19.5. The molecule has 0 aliphatic rings. The van der Waals surface area contributed by atoms with Crippen LogP contribution in [-0.2, 0) is 19.6 Å². The van der Waals surface area contributed by atoms with Gasteiger partial charge in [-0.25, -0.2) is 4.79 Å². The van der Waals surface area contributed by atoms with Gasteiger partial charge in [-0.15, -0.1) is 0 Å².